The Morgan fingerprint density at radius 1 is 0.325 bits per heavy atom. The fraction of sp³-hybridized carbons (Fsp3) is 0.404. The van der Waals surface area contributed by atoms with Crippen molar-refractivity contribution in [2.45, 2.75) is 271 Å². The van der Waals surface area contributed by atoms with Gasteiger partial charge in [-0.3, -0.25) is 9.80 Å². The first kappa shape index (κ1) is 96.5. The van der Waals surface area contributed by atoms with Crippen molar-refractivity contribution >= 4 is 55.0 Å². The van der Waals surface area contributed by atoms with E-state index in [0.29, 0.717) is 38.3 Å². The average Bonchev–Trinajstić information content (AvgIpc) is 0.995. The van der Waals surface area contributed by atoms with Gasteiger partial charge in [0.25, 0.3) is 0 Å². The summed E-state index contributed by atoms with van der Waals surface area (Å²) < 4.78 is 14.4. The van der Waals surface area contributed by atoms with Crippen LogP contribution in [0.5, 0.6) is 11.5 Å². The maximum absolute atomic E-state index is 14.9. The molecule has 14 rings (SSSR count). The maximum atomic E-state index is 14.9. The van der Waals surface area contributed by atoms with Gasteiger partial charge in [-0.15, -0.1) is 11.5 Å². The second-order valence-electron chi connectivity index (χ2n) is 39.5. The summed E-state index contributed by atoms with van der Waals surface area (Å²) in [5, 5.41) is 29.8. The molecule has 2 saturated carbocycles. The fourth-order valence-electron chi connectivity index (χ4n) is 18.0. The smallest absolute Gasteiger partial charge is 0.872 e. The molecule has 0 saturated heterocycles. The molecule has 0 bridgehead atoms. The molecule has 0 unspecified atom stereocenters. The van der Waals surface area contributed by atoms with Crippen molar-refractivity contribution in [2.24, 2.45) is 0 Å². The van der Waals surface area contributed by atoms with Crippen LogP contribution in [0, 0.1) is 0 Å². The topological polar surface area (TPSA) is 116 Å². The van der Waals surface area contributed by atoms with E-state index in [-0.39, 0.29) is 61.3 Å². The number of benzene rings is 10. The predicted molar refractivity (Wildman–Crippen MR) is 509 cm³/mol. The van der Waals surface area contributed by atoms with E-state index in [1.54, 1.807) is 0 Å². The Balaban J connectivity index is 0.000000223. The van der Waals surface area contributed by atoms with E-state index in [1.807, 2.05) is 12.1 Å². The second-order valence-corrected chi connectivity index (χ2v) is 58.6. The Labute approximate surface area is 752 Å². The van der Waals surface area contributed by atoms with Crippen LogP contribution in [0.1, 0.15) is 198 Å². The molecule has 2 fully saturated rings. The number of hydrogen-bond acceptors (Lipinski definition) is 6. The van der Waals surface area contributed by atoms with Crippen LogP contribution in [0.15, 0.2) is 255 Å². The summed E-state index contributed by atoms with van der Waals surface area (Å²) in [5.41, 5.74) is 16.0. The molecule has 624 valence electrons. The van der Waals surface area contributed by atoms with Crippen molar-refractivity contribution < 1.29 is 49.2 Å². The summed E-state index contributed by atoms with van der Waals surface area (Å²) in [6.07, 6.45) is 12.0. The van der Waals surface area contributed by atoms with Gasteiger partial charge in [0.05, 0.1) is 35.2 Å². The summed E-state index contributed by atoms with van der Waals surface area (Å²) in [4.78, 5) is 15.6. The van der Waals surface area contributed by atoms with Gasteiger partial charge in [-0.1, -0.05) is 436 Å². The number of aromatic nitrogens is 4. The summed E-state index contributed by atoms with van der Waals surface area (Å²) in [7, 11) is -4.42. The SMILES string of the molecule is CC(C)(c1ccccc1)c1cc(CN(Cc2nc3ccccc3n2Cc2ccccc2)C2CCCCC2)c([O-])c(C(C)(C)c2ccccc2)c1.CC(C)(c1ccccc1)c1cc(CN(Cc2nc3ccccc3n2Cc2ccccc2)C2CCCCC2)c([O-])c(C(C)(C)c2ccccc2)c1.C[Si](C)(C)[N-][Si](C)(C)C.C[Si](C)(C)[N-][Si](C)(C)C.[Zn+2].[Zn+2]. The predicted octanol–water partition coefficient (Wildman–Crippen LogP) is 26.3. The molecule has 0 radical (unpaired) electrons. The van der Waals surface area contributed by atoms with Crippen LogP contribution in [-0.2, 0) is 99.9 Å². The van der Waals surface area contributed by atoms with Gasteiger partial charge in [0, 0.05) is 59.9 Å². The van der Waals surface area contributed by atoms with Gasteiger partial charge in [-0.05, 0) is 117 Å². The normalized spacial score (nSPS) is 14.1. The molecule has 120 heavy (non-hydrogen) atoms. The summed E-state index contributed by atoms with van der Waals surface area (Å²) in [5.74, 6) is 2.42. The Morgan fingerprint density at radius 3 is 0.858 bits per heavy atom. The molecule has 10 nitrogen and oxygen atoms in total. The molecule has 0 aliphatic heterocycles. The minimum absolute atomic E-state index is 0. The van der Waals surface area contributed by atoms with Gasteiger partial charge in [0.15, 0.2) is 0 Å². The number of hydrogen-bond donors (Lipinski definition) is 0. The Kier molecular flexibility index (Phi) is 33.7. The number of fused-ring (bicyclic) bond motifs is 2. The largest absolute Gasteiger partial charge is 2.00 e. The molecular weight excluding hydrogens is 1640 g/mol. The molecule has 2 aromatic heterocycles. The summed E-state index contributed by atoms with van der Waals surface area (Å²) in [6.45, 7) is 49.6. The molecule has 2 aliphatic carbocycles. The van der Waals surface area contributed by atoms with Crippen molar-refractivity contribution in [3.63, 3.8) is 0 Å². The van der Waals surface area contributed by atoms with E-state index in [2.05, 4.69) is 396 Å². The molecule has 0 amide bonds. The standard InChI is InChI=1S/2C46H51N3O.2C6H18NSi2.2Zn/c2*1-45(2,36-21-11-6-12-22-36)38-29-35(44(50)40(30-38)46(3,4)37-23-13-7-14-24-37)32-48(39-25-15-8-16-26-39)33-43-47-41-27-17-18-28-42(41)49(43)31-34-19-9-5-10-20-34;2*1-8(2,3)7-9(4,5)6;;/h2*5-7,9-14,17-24,27-30,39,50H,8,15-16,25-26,31-33H2,1-4H3;2*1-6H3;;/q;;2*-1;2*+2/p-2. The third-order valence-electron chi connectivity index (χ3n) is 23.9. The van der Waals surface area contributed by atoms with Gasteiger partial charge < -0.3 is 28.6 Å². The first-order valence-corrected chi connectivity index (χ1v) is 57.5. The van der Waals surface area contributed by atoms with Crippen molar-refractivity contribution in [2.75, 3.05) is 0 Å². The van der Waals surface area contributed by atoms with E-state index in [9.17, 15) is 10.2 Å². The molecule has 2 aliphatic rings. The third kappa shape index (κ3) is 25.9. The molecule has 10 aromatic carbocycles. The Hall–Kier alpha value is -7.31. The van der Waals surface area contributed by atoms with E-state index in [4.69, 9.17) is 19.3 Å². The number of imidazole rings is 2. The summed E-state index contributed by atoms with van der Waals surface area (Å²) in [6, 6.07) is 90.4. The third-order valence-corrected chi connectivity index (χ3v) is 34.6. The molecule has 0 N–H and O–H groups in total. The minimum atomic E-state index is -1.11. The average molecular weight is 1770 g/mol. The van der Waals surface area contributed by atoms with Crippen molar-refractivity contribution in [1.82, 2.24) is 28.9 Å². The Morgan fingerprint density at radius 2 is 0.583 bits per heavy atom. The van der Waals surface area contributed by atoms with Crippen LogP contribution in [0.3, 0.4) is 0 Å². The first-order valence-electron chi connectivity index (χ1n) is 43.7. The minimum Gasteiger partial charge on any atom is -0.872 e. The monoisotopic (exact) mass is 1770 g/mol. The van der Waals surface area contributed by atoms with Crippen LogP contribution in [0.4, 0.5) is 0 Å². The van der Waals surface area contributed by atoms with Crippen LogP contribution >= 0.6 is 0 Å². The van der Waals surface area contributed by atoms with E-state index >= 15 is 0 Å². The quantitative estimate of drug-likeness (QED) is 0.0499. The van der Waals surface area contributed by atoms with E-state index in [1.165, 1.54) is 71.9 Å². The van der Waals surface area contributed by atoms with Crippen molar-refractivity contribution in [3.8, 4) is 11.5 Å². The second kappa shape index (κ2) is 41.9. The van der Waals surface area contributed by atoms with Crippen LogP contribution < -0.4 is 10.2 Å². The fourth-order valence-corrected chi connectivity index (χ4v) is 34.1. The van der Waals surface area contributed by atoms with Crippen LogP contribution in [0.2, 0.25) is 78.6 Å². The number of nitrogens with zero attached hydrogens (tertiary/aromatic N) is 8. The molecule has 2 heterocycles. The van der Waals surface area contributed by atoms with Gasteiger partial charge in [-0.2, -0.15) is 0 Å². The first-order chi connectivity index (χ1) is 55.8. The molecule has 0 spiro atoms. The zero-order valence-electron chi connectivity index (χ0n) is 76.5. The van der Waals surface area contributed by atoms with Crippen LogP contribution in [-0.4, -0.2) is 73.9 Å². The number of para-hydroxylation sites is 4. The van der Waals surface area contributed by atoms with Crippen molar-refractivity contribution in [1.29, 1.82) is 0 Å². The molecule has 16 heteroatoms. The molecule has 0 atom stereocenters. The van der Waals surface area contributed by atoms with Gasteiger partial charge in [0.1, 0.15) is 11.6 Å². The summed E-state index contributed by atoms with van der Waals surface area (Å²) >= 11 is 0. The van der Waals surface area contributed by atoms with E-state index < -0.39 is 43.8 Å². The van der Waals surface area contributed by atoms with Gasteiger partial charge in [0.2, 0.25) is 0 Å². The molecular formula is C104H136N8O2Si4Zn2. The zero-order valence-corrected chi connectivity index (χ0v) is 86.5. The van der Waals surface area contributed by atoms with Crippen LogP contribution in [0.25, 0.3) is 31.4 Å². The maximum Gasteiger partial charge on any atom is 2.00 e. The number of rotatable bonds is 26. The Bertz CT molecular complexity index is 4810. The van der Waals surface area contributed by atoms with E-state index in [0.717, 1.165) is 106 Å². The van der Waals surface area contributed by atoms with Crippen molar-refractivity contribution in [3.05, 3.63) is 342 Å². The molecule has 12 aromatic rings. The van der Waals surface area contributed by atoms with Gasteiger partial charge in [-0.25, -0.2) is 9.97 Å². The zero-order chi connectivity index (χ0) is 84.9. The van der Waals surface area contributed by atoms with Gasteiger partial charge >= 0.3 is 39.0 Å².